The number of likely N-dealkylation sites (N-methyl/N-ethyl adjacent to an activating group) is 1. The molecule has 1 saturated heterocycles. The highest BCUT2D eigenvalue weighted by Crippen LogP contribution is 2.43. The lowest BCUT2D eigenvalue weighted by Crippen LogP contribution is -2.47. The van der Waals surface area contributed by atoms with Gasteiger partial charge in [-0.1, -0.05) is 27.7 Å². The van der Waals surface area contributed by atoms with Crippen molar-refractivity contribution < 1.29 is 4.79 Å². The fourth-order valence-corrected chi connectivity index (χ4v) is 5.64. The number of hydrogen-bond acceptors (Lipinski definition) is 6. The monoisotopic (exact) mass is 410 g/mol. The van der Waals surface area contributed by atoms with Crippen LogP contribution in [-0.2, 0) is 4.79 Å². The van der Waals surface area contributed by atoms with Crippen LogP contribution in [0, 0.1) is 0 Å². The number of carbonyl (C=O) groups is 1. The number of nitrogens with one attached hydrogen (secondary N) is 1. The van der Waals surface area contributed by atoms with Crippen molar-refractivity contribution in [3.8, 4) is 0 Å². The Labute approximate surface area is 173 Å². The van der Waals surface area contributed by atoms with Crippen molar-refractivity contribution in [3.05, 3.63) is 59.0 Å². The second kappa shape index (κ2) is 7.56. The van der Waals surface area contributed by atoms with Gasteiger partial charge in [0.25, 0.3) is 5.91 Å². The third-order valence-corrected chi connectivity index (χ3v) is 7.48. The third kappa shape index (κ3) is 3.59. The number of aliphatic imine (C=N–C) groups is 1. The average Bonchev–Trinajstić information content (AvgIpc) is 3.12. The highest BCUT2D eigenvalue weighted by Gasteiger charge is 2.32. The maximum atomic E-state index is 12.9. The molecule has 1 aliphatic carbocycles. The molecule has 7 nitrogen and oxygen atoms in total. The van der Waals surface area contributed by atoms with Crippen LogP contribution in [0.2, 0.25) is 0 Å². The number of hydrazine groups is 1. The highest BCUT2D eigenvalue weighted by atomic mass is 31.1. The second-order valence-corrected chi connectivity index (χ2v) is 9.30. The van der Waals surface area contributed by atoms with Crippen molar-refractivity contribution in [2.24, 2.45) is 4.99 Å². The molecule has 152 valence electrons. The summed E-state index contributed by atoms with van der Waals surface area (Å²) in [4.78, 5) is 24.2. The van der Waals surface area contributed by atoms with E-state index in [-0.39, 0.29) is 17.7 Å². The van der Waals surface area contributed by atoms with E-state index in [2.05, 4.69) is 46.6 Å². The van der Waals surface area contributed by atoms with E-state index in [1.165, 1.54) is 5.57 Å². The Balaban J connectivity index is 1.33. The van der Waals surface area contributed by atoms with Crippen LogP contribution < -0.4 is 5.43 Å². The lowest BCUT2D eigenvalue weighted by molar-refractivity contribution is -0.123. The van der Waals surface area contributed by atoms with Gasteiger partial charge in [-0.3, -0.25) is 9.69 Å². The summed E-state index contributed by atoms with van der Waals surface area (Å²) in [6.45, 7) is 7.31. The normalized spacial score (nSPS) is 30.1. The quantitative estimate of drug-likeness (QED) is 0.714. The molecular weight excluding hydrogens is 383 g/mol. The molecule has 0 bridgehead atoms. The number of piperazine rings is 1. The SMILES string of the molecule is CCN1CCN(C2=CN3C(=O)C=C(C4=CC5=CN(C)NC5C=C4)PC3C=N2)CC1. The topological polar surface area (TPSA) is 54.4 Å². The van der Waals surface area contributed by atoms with Crippen LogP contribution >= 0.6 is 8.58 Å². The first-order chi connectivity index (χ1) is 14.1. The summed E-state index contributed by atoms with van der Waals surface area (Å²) in [7, 11) is 2.50. The lowest BCUT2D eigenvalue weighted by Gasteiger charge is -2.39. The molecule has 1 amide bonds. The molecule has 5 rings (SSSR count). The van der Waals surface area contributed by atoms with Crippen molar-refractivity contribution in [1.29, 1.82) is 0 Å². The van der Waals surface area contributed by atoms with Crippen molar-refractivity contribution in [2.45, 2.75) is 18.7 Å². The van der Waals surface area contributed by atoms with E-state index in [1.54, 1.807) is 6.08 Å². The average molecular weight is 410 g/mol. The van der Waals surface area contributed by atoms with Crippen molar-refractivity contribution in [1.82, 2.24) is 25.1 Å². The zero-order chi connectivity index (χ0) is 20.0. The van der Waals surface area contributed by atoms with E-state index >= 15 is 0 Å². The Hall–Kier alpha value is -2.21. The van der Waals surface area contributed by atoms with E-state index in [0.29, 0.717) is 8.58 Å². The number of allylic oxidation sites excluding steroid dienone is 3. The van der Waals surface area contributed by atoms with E-state index < -0.39 is 0 Å². The smallest absolute Gasteiger partial charge is 0.252 e. The molecule has 3 unspecified atom stereocenters. The minimum atomic E-state index is 0.0218. The molecule has 1 N–H and O–H groups in total. The van der Waals surface area contributed by atoms with Crippen LogP contribution in [0.3, 0.4) is 0 Å². The maximum Gasteiger partial charge on any atom is 0.252 e. The first kappa shape index (κ1) is 18.8. The van der Waals surface area contributed by atoms with Crippen LogP contribution in [0.1, 0.15) is 6.92 Å². The van der Waals surface area contributed by atoms with Gasteiger partial charge >= 0.3 is 0 Å². The molecule has 0 aromatic heterocycles. The van der Waals surface area contributed by atoms with Crippen LogP contribution in [0.5, 0.6) is 0 Å². The summed E-state index contributed by atoms with van der Waals surface area (Å²) in [6, 6.07) is 0.235. The summed E-state index contributed by atoms with van der Waals surface area (Å²) in [5, 5.41) is 3.09. The van der Waals surface area contributed by atoms with Gasteiger partial charge in [0.1, 0.15) is 5.82 Å². The summed E-state index contributed by atoms with van der Waals surface area (Å²) in [5.41, 5.74) is 5.72. The van der Waals surface area contributed by atoms with E-state index in [4.69, 9.17) is 4.99 Å². The molecule has 0 spiro atoms. The molecule has 1 fully saturated rings. The summed E-state index contributed by atoms with van der Waals surface area (Å²) in [5.74, 6) is 0.983. The predicted octanol–water partition coefficient (Wildman–Crippen LogP) is 1.44. The molecule has 0 aromatic rings. The minimum Gasteiger partial charge on any atom is -0.353 e. The van der Waals surface area contributed by atoms with Crippen LogP contribution in [-0.4, -0.2) is 83.4 Å². The molecule has 4 aliphatic heterocycles. The van der Waals surface area contributed by atoms with Crippen LogP contribution in [0.15, 0.2) is 64.0 Å². The summed E-state index contributed by atoms with van der Waals surface area (Å²) >= 11 is 0. The zero-order valence-corrected chi connectivity index (χ0v) is 17.9. The molecule has 8 heteroatoms. The van der Waals surface area contributed by atoms with Crippen molar-refractivity contribution in [2.75, 3.05) is 39.8 Å². The third-order valence-electron chi connectivity index (χ3n) is 6.02. The van der Waals surface area contributed by atoms with E-state index in [1.807, 2.05) is 29.4 Å². The number of amides is 1. The van der Waals surface area contributed by atoms with Gasteiger partial charge in [0.2, 0.25) is 0 Å². The molecule has 0 saturated carbocycles. The standard InChI is InChI=1S/C21H27N6OP/c1-3-25-6-8-26(9-7-25)19-14-27-20(28)11-18(29-21(27)12-22-19)15-4-5-17-16(10-15)13-24(2)23-17/h4-5,10-14,17,21,23,29H,3,6-9H2,1-2H3. The summed E-state index contributed by atoms with van der Waals surface area (Å²) in [6.07, 6.45) is 14.3. The molecular formula is C21H27N6OP. The van der Waals surface area contributed by atoms with Crippen LogP contribution in [0.25, 0.3) is 0 Å². The zero-order valence-electron chi connectivity index (χ0n) is 16.9. The van der Waals surface area contributed by atoms with Gasteiger partial charge in [-0.2, -0.15) is 0 Å². The Bertz CT molecular complexity index is 893. The number of fused-ring (bicyclic) bond motifs is 2. The van der Waals surface area contributed by atoms with Gasteiger partial charge < -0.3 is 14.8 Å². The Morgan fingerprint density at radius 1 is 1.21 bits per heavy atom. The molecule has 29 heavy (non-hydrogen) atoms. The Morgan fingerprint density at radius 2 is 2.03 bits per heavy atom. The summed E-state index contributed by atoms with van der Waals surface area (Å²) < 4.78 is 0. The fraction of sp³-hybridized carbons (Fsp3) is 0.429. The van der Waals surface area contributed by atoms with Crippen molar-refractivity contribution >= 4 is 20.7 Å². The molecule has 3 atom stereocenters. The number of nitrogens with zero attached hydrogens (tertiary/aromatic N) is 5. The number of carbonyl (C=O) groups excluding carboxylic acids is 1. The van der Waals surface area contributed by atoms with Gasteiger partial charge in [0.15, 0.2) is 0 Å². The van der Waals surface area contributed by atoms with Gasteiger partial charge in [-0.05, 0) is 29.1 Å². The van der Waals surface area contributed by atoms with E-state index in [9.17, 15) is 4.79 Å². The molecule has 0 aromatic carbocycles. The molecule has 5 aliphatic rings. The van der Waals surface area contributed by atoms with Gasteiger partial charge in [-0.15, -0.1) is 0 Å². The fourth-order valence-electron chi connectivity index (χ4n) is 4.30. The highest BCUT2D eigenvalue weighted by molar-refractivity contribution is 7.45. The second-order valence-electron chi connectivity index (χ2n) is 7.89. The molecule has 4 heterocycles. The minimum absolute atomic E-state index is 0.0218. The number of rotatable bonds is 3. The Kier molecular flexibility index (Phi) is 4.90. The first-order valence-electron chi connectivity index (χ1n) is 10.3. The largest absolute Gasteiger partial charge is 0.353 e. The van der Waals surface area contributed by atoms with Gasteiger partial charge in [-0.25, -0.2) is 10.4 Å². The van der Waals surface area contributed by atoms with Crippen molar-refractivity contribution in [3.63, 3.8) is 0 Å². The van der Waals surface area contributed by atoms with Gasteiger partial charge in [0.05, 0.1) is 18.0 Å². The lowest BCUT2D eigenvalue weighted by atomic mass is 9.99. The number of hydrogen-bond donors (Lipinski definition) is 1. The Morgan fingerprint density at radius 3 is 2.83 bits per heavy atom. The maximum absolute atomic E-state index is 12.9. The molecule has 0 radical (unpaired) electrons. The van der Waals surface area contributed by atoms with Gasteiger partial charge in [0, 0.05) is 51.7 Å². The first-order valence-corrected chi connectivity index (χ1v) is 11.3. The van der Waals surface area contributed by atoms with Crippen LogP contribution in [0.4, 0.5) is 0 Å². The predicted molar refractivity (Wildman–Crippen MR) is 117 cm³/mol. The van der Waals surface area contributed by atoms with E-state index in [0.717, 1.165) is 49.4 Å².